The first-order valence-corrected chi connectivity index (χ1v) is 8.14. The van der Waals surface area contributed by atoms with Crippen LogP contribution in [0.3, 0.4) is 0 Å². The highest BCUT2D eigenvalue weighted by atomic mass is 127. The van der Waals surface area contributed by atoms with Crippen molar-refractivity contribution in [2.24, 2.45) is 0 Å². The van der Waals surface area contributed by atoms with Gasteiger partial charge in [-0.15, -0.1) is 0 Å². The monoisotopic (exact) mass is 354 g/mol. The maximum atomic E-state index is 3.11. The third kappa shape index (κ3) is 8.58. The topological polar surface area (TPSA) is 0 Å². The van der Waals surface area contributed by atoms with E-state index in [-0.39, 0.29) is 0 Å². The summed E-state index contributed by atoms with van der Waals surface area (Å²) >= 11 is 2.11. The van der Waals surface area contributed by atoms with Gasteiger partial charge in [0.05, 0.1) is 0 Å². The molecule has 0 saturated heterocycles. The number of halogens is 1. The van der Waals surface area contributed by atoms with Gasteiger partial charge in [0.2, 0.25) is 0 Å². The van der Waals surface area contributed by atoms with Gasteiger partial charge in [0.15, 0.2) is 0 Å². The summed E-state index contributed by atoms with van der Waals surface area (Å²) in [6.07, 6.45) is 11.8. The Bertz CT molecular complexity index is 345. The minimum atomic E-state index is 1.08. The van der Waals surface area contributed by atoms with Crippen LogP contribution >= 0.6 is 22.6 Å². The second-order valence-corrected chi connectivity index (χ2v) is 5.27. The Hall–Kier alpha value is -0.490. The van der Waals surface area contributed by atoms with Gasteiger partial charge in [0, 0.05) is 29.0 Å². The van der Waals surface area contributed by atoms with Crippen LogP contribution in [0.1, 0.15) is 56.9 Å². The third-order valence-electron chi connectivity index (χ3n) is 3.18. The first-order valence-electron chi connectivity index (χ1n) is 7.06. The number of hydrogen-bond donors (Lipinski definition) is 0. The van der Waals surface area contributed by atoms with Crippen LogP contribution in [0.25, 0.3) is 0 Å². The summed E-state index contributed by atoms with van der Waals surface area (Å²) in [5.41, 5.74) is 1.48. The lowest BCUT2D eigenvalue weighted by Crippen LogP contribution is -1.85. The van der Waals surface area contributed by atoms with Crippen molar-refractivity contribution < 1.29 is 0 Å². The zero-order valence-corrected chi connectivity index (χ0v) is 13.3. The van der Waals surface area contributed by atoms with E-state index in [0.717, 1.165) is 6.42 Å². The van der Waals surface area contributed by atoms with Crippen LogP contribution in [0.15, 0.2) is 30.3 Å². The van der Waals surface area contributed by atoms with Gasteiger partial charge >= 0.3 is 0 Å². The van der Waals surface area contributed by atoms with Crippen molar-refractivity contribution in [1.29, 1.82) is 0 Å². The van der Waals surface area contributed by atoms with E-state index >= 15 is 0 Å². The molecule has 1 heteroatoms. The van der Waals surface area contributed by atoms with Crippen molar-refractivity contribution in [1.82, 2.24) is 0 Å². The fraction of sp³-hybridized carbons (Fsp3) is 0.529. The highest BCUT2D eigenvalue weighted by molar-refractivity contribution is 14.1. The van der Waals surface area contributed by atoms with E-state index in [0.29, 0.717) is 0 Å². The summed E-state index contributed by atoms with van der Waals surface area (Å²) in [5, 5.41) is 0. The predicted octanol–water partition coefficient (Wildman–Crippen LogP) is 5.75. The summed E-state index contributed by atoms with van der Waals surface area (Å²) in [7, 11) is 0. The van der Waals surface area contributed by atoms with E-state index in [1.807, 2.05) is 0 Å². The summed E-state index contributed by atoms with van der Waals surface area (Å²) in [4.78, 5) is 0. The normalized spacial score (nSPS) is 9.83. The zero-order valence-electron chi connectivity index (χ0n) is 11.1. The van der Waals surface area contributed by atoms with Crippen LogP contribution in [0, 0.1) is 9.85 Å². The molecule has 0 heterocycles. The highest BCUT2D eigenvalue weighted by Gasteiger charge is 1.93. The summed E-state index contributed by atoms with van der Waals surface area (Å²) in [6.45, 7) is 0. The smallest absolute Gasteiger partial charge is 0.0181 e. The van der Waals surface area contributed by atoms with Crippen molar-refractivity contribution in [3.63, 3.8) is 0 Å². The molecule has 0 radical (unpaired) electrons. The molecule has 0 atom stereocenters. The second kappa shape index (κ2) is 11.6. The molecule has 0 bridgehead atoms. The first-order chi connectivity index (χ1) is 8.93. The van der Waals surface area contributed by atoms with E-state index in [9.17, 15) is 0 Å². The Kier molecular flexibility index (Phi) is 10.0. The SMILES string of the molecule is IC#CCCCCCCCCCc1ccccc1. The third-order valence-corrected chi connectivity index (χ3v) is 3.56. The van der Waals surface area contributed by atoms with Gasteiger partial charge in [-0.3, -0.25) is 0 Å². The van der Waals surface area contributed by atoms with Crippen LogP contribution in [0.4, 0.5) is 0 Å². The molecule has 0 aliphatic rings. The van der Waals surface area contributed by atoms with Crippen molar-refractivity contribution >= 4 is 22.6 Å². The lowest BCUT2D eigenvalue weighted by atomic mass is 10.0. The summed E-state index contributed by atoms with van der Waals surface area (Å²) in [5.74, 6) is 3.11. The molecule has 0 amide bonds. The lowest BCUT2D eigenvalue weighted by molar-refractivity contribution is 0.583. The Morgan fingerprint density at radius 2 is 1.39 bits per heavy atom. The van der Waals surface area contributed by atoms with Gasteiger partial charge in [-0.2, -0.15) is 0 Å². The van der Waals surface area contributed by atoms with Gasteiger partial charge in [-0.25, -0.2) is 0 Å². The van der Waals surface area contributed by atoms with Crippen LogP contribution in [0.5, 0.6) is 0 Å². The van der Waals surface area contributed by atoms with Crippen LogP contribution in [-0.2, 0) is 6.42 Å². The molecule has 1 aromatic rings. The average Bonchev–Trinajstić information content (AvgIpc) is 2.42. The Morgan fingerprint density at radius 1 is 0.778 bits per heavy atom. The minimum absolute atomic E-state index is 1.08. The summed E-state index contributed by atoms with van der Waals surface area (Å²) in [6, 6.07) is 10.8. The van der Waals surface area contributed by atoms with Gasteiger partial charge in [-0.05, 0) is 28.8 Å². The lowest BCUT2D eigenvalue weighted by Gasteiger charge is -2.02. The molecule has 0 fully saturated rings. The van der Waals surface area contributed by atoms with E-state index < -0.39 is 0 Å². The average molecular weight is 354 g/mol. The van der Waals surface area contributed by atoms with Gasteiger partial charge in [0.25, 0.3) is 0 Å². The number of hydrogen-bond acceptors (Lipinski definition) is 0. The maximum Gasteiger partial charge on any atom is 0.0181 e. The molecule has 0 unspecified atom stereocenters. The fourth-order valence-electron chi connectivity index (χ4n) is 2.12. The molecule has 98 valence electrons. The number of aryl methyl sites for hydroxylation is 1. The molecule has 0 aromatic heterocycles. The van der Waals surface area contributed by atoms with Gasteiger partial charge in [-0.1, -0.05) is 68.4 Å². The van der Waals surface area contributed by atoms with E-state index in [2.05, 4.69) is 62.8 Å². The van der Waals surface area contributed by atoms with Crippen LogP contribution in [-0.4, -0.2) is 0 Å². The molecule has 0 N–H and O–H groups in total. The van der Waals surface area contributed by atoms with Crippen molar-refractivity contribution in [3.8, 4) is 9.85 Å². The molecule has 0 spiro atoms. The zero-order chi connectivity index (χ0) is 12.9. The molecule has 18 heavy (non-hydrogen) atoms. The summed E-state index contributed by atoms with van der Waals surface area (Å²) < 4.78 is 2.92. The number of rotatable bonds is 9. The van der Waals surface area contributed by atoms with Gasteiger partial charge < -0.3 is 0 Å². The number of unbranched alkanes of at least 4 members (excludes halogenated alkanes) is 7. The molecule has 0 nitrogen and oxygen atoms in total. The minimum Gasteiger partial charge on any atom is -0.0919 e. The van der Waals surface area contributed by atoms with Crippen molar-refractivity contribution in [3.05, 3.63) is 35.9 Å². The van der Waals surface area contributed by atoms with Crippen molar-refractivity contribution in [2.45, 2.75) is 57.8 Å². The number of benzene rings is 1. The molecule has 0 saturated carbocycles. The van der Waals surface area contributed by atoms with E-state index in [1.165, 1.54) is 56.9 Å². The molecule has 0 aliphatic heterocycles. The largest absolute Gasteiger partial charge is 0.0919 e. The van der Waals surface area contributed by atoms with Crippen molar-refractivity contribution in [2.75, 3.05) is 0 Å². The Balaban J connectivity index is 1.85. The predicted molar refractivity (Wildman–Crippen MR) is 88.9 cm³/mol. The Morgan fingerprint density at radius 3 is 2.06 bits per heavy atom. The first kappa shape index (κ1) is 15.6. The second-order valence-electron chi connectivity index (χ2n) is 4.73. The quantitative estimate of drug-likeness (QED) is 0.301. The standard InChI is InChI=1S/C17H23I/c18-16-12-7-5-3-1-2-4-6-9-13-17-14-10-8-11-15-17/h8,10-11,14-15H,1-7,9,13H2. The molecule has 1 rings (SSSR count). The maximum absolute atomic E-state index is 3.11. The van der Waals surface area contributed by atoms with Crippen LogP contribution < -0.4 is 0 Å². The van der Waals surface area contributed by atoms with Gasteiger partial charge in [0.1, 0.15) is 0 Å². The molecule has 1 aromatic carbocycles. The Labute approximate surface area is 126 Å². The molecule has 0 aliphatic carbocycles. The van der Waals surface area contributed by atoms with E-state index in [1.54, 1.807) is 0 Å². The molecular weight excluding hydrogens is 331 g/mol. The fourth-order valence-corrected chi connectivity index (χ4v) is 2.39. The highest BCUT2D eigenvalue weighted by Crippen LogP contribution is 2.11. The van der Waals surface area contributed by atoms with E-state index in [4.69, 9.17) is 0 Å². The van der Waals surface area contributed by atoms with Crippen LogP contribution in [0.2, 0.25) is 0 Å². The molecular formula is C17H23I.